The zero-order valence-corrected chi connectivity index (χ0v) is 23.8. The molecule has 1 aromatic heterocycles. The Morgan fingerprint density at radius 2 is 1.84 bits per heavy atom. The van der Waals surface area contributed by atoms with Gasteiger partial charge in [-0.25, -0.2) is 22.2 Å². The molecule has 1 unspecified atom stereocenters. The van der Waals surface area contributed by atoms with Gasteiger partial charge in [0, 0.05) is 38.4 Å². The summed E-state index contributed by atoms with van der Waals surface area (Å²) in [5.41, 5.74) is 0.263. The van der Waals surface area contributed by atoms with Crippen LogP contribution in [-0.2, 0) is 14.8 Å². The van der Waals surface area contributed by atoms with Crippen LogP contribution in [-0.4, -0.2) is 82.0 Å². The zero-order valence-electron chi connectivity index (χ0n) is 21.4. The Morgan fingerprint density at radius 3 is 2.47 bits per heavy atom. The van der Waals surface area contributed by atoms with Gasteiger partial charge in [-0.05, 0) is 70.2 Å². The third-order valence-corrected chi connectivity index (χ3v) is 9.02. The number of ether oxygens (including phenoxy) is 1. The van der Waals surface area contributed by atoms with Gasteiger partial charge in [0.2, 0.25) is 10.0 Å². The van der Waals surface area contributed by atoms with Crippen LogP contribution in [0.15, 0.2) is 41.3 Å². The van der Waals surface area contributed by atoms with Crippen molar-refractivity contribution in [3.05, 3.63) is 53.6 Å². The number of hydrogen-bond donors (Lipinski definition) is 0. The summed E-state index contributed by atoms with van der Waals surface area (Å²) in [6, 6.07) is 7.68. The minimum atomic E-state index is -3.76. The number of nitrogens with zero attached hydrogens (tertiary/aromatic N) is 4. The first-order chi connectivity index (χ1) is 17.6. The van der Waals surface area contributed by atoms with E-state index >= 15 is 0 Å². The van der Waals surface area contributed by atoms with Crippen molar-refractivity contribution in [1.29, 1.82) is 0 Å². The lowest BCUT2D eigenvalue weighted by molar-refractivity contribution is 0.0978. The first-order valence-electron chi connectivity index (χ1n) is 12.0. The van der Waals surface area contributed by atoms with Crippen molar-refractivity contribution in [2.24, 2.45) is 0 Å². The summed E-state index contributed by atoms with van der Waals surface area (Å²) in [4.78, 5) is 21.3. The van der Waals surface area contributed by atoms with Crippen LogP contribution in [0.4, 0.5) is 13.9 Å². The molecule has 208 valence electrons. The molecule has 1 atom stereocenters. The number of amides is 1. The number of likely N-dealkylation sites (N-methyl/N-ethyl adjacent to an activating group) is 1. The molecule has 2 heterocycles. The monoisotopic (exact) mass is 588 g/mol. The second kappa shape index (κ2) is 12.8. The van der Waals surface area contributed by atoms with E-state index in [0.29, 0.717) is 30.8 Å². The topological polar surface area (TPSA) is 83.1 Å². The maximum Gasteiger partial charge on any atom is 0.260 e. The number of anilines is 1. The van der Waals surface area contributed by atoms with E-state index in [2.05, 4.69) is 4.98 Å². The average Bonchev–Trinajstić information content (AvgIpc) is 3.51. The summed E-state index contributed by atoms with van der Waals surface area (Å²) in [5, 5.41) is 0.247. The first kappa shape index (κ1) is 30.3. The Kier molecular flexibility index (Phi) is 10.2. The van der Waals surface area contributed by atoms with Crippen molar-refractivity contribution in [2.75, 3.05) is 52.3 Å². The van der Waals surface area contributed by atoms with Crippen LogP contribution in [0, 0.1) is 11.6 Å². The highest BCUT2D eigenvalue weighted by atomic mass is 35.5. The molecule has 1 aliphatic rings. The molecule has 1 amide bonds. The zero-order chi connectivity index (χ0) is 26.7. The van der Waals surface area contributed by atoms with Crippen molar-refractivity contribution in [3.8, 4) is 0 Å². The summed E-state index contributed by atoms with van der Waals surface area (Å²) >= 11 is 1.03. The van der Waals surface area contributed by atoms with E-state index in [4.69, 9.17) is 4.74 Å². The molecule has 38 heavy (non-hydrogen) atoms. The Hall–Kier alpha value is -2.22. The van der Waals surface area contributed by atoms with Crippen molar-refractivity contribution >= 4 is 55.0 Å². The first-order valence-corrected chi connectivity index (χ1v) is 14.2. The predicted octanol–water partition coefficient (Wildman–Crippen LogP) is 4.39. The maximum absolute atomic E-state index is 14.3. The molecule has 0 radical (unpaired) electrons. The van der Waals surface area contributed by atoms with Crippen LogP contribution in [0.1, 0.15) is 29.6 Å². The molecule has 0 N–H and O–H groups in total. The molecule has 0 aliphatic carbocycles. The molecule has 8 nitrogen and oxygen atoms in total. The largest absolute Gasteiger partial charge is 0.377 e. The van der Waals surface area contributed by atoms with Gasteiger partial charge in [0.15, 0.2) is 10.9 Å². The molecule has 13 heteroatoms. The Morgan fingerprint density at radius 1 is 1.13 bits per heavy atom. The highest BCUT2D eigenvalue weighted by Gasteiger charge is 2.27. The van der Waals surface area contributed by atoms with Gasteiger partial charge in [0.25, 0.3) is 5.91 Å². The number of benzene rings is 2. The van der Waals surface area contributed by atoms with Crippen LogP contribution in [0.25, 0.3) is 10.2 Å². The maximum atomic E-state index is 14.3. The lowest BCUT2D eigenvalue weighted by atomic mass is 10.2. The van der Waals surface area contributed by atoms with Crippen molar-refractivity contribution in [2.45, 2.75) is 30.3 Å². The summed E-state index contributed by atoms with van der Waals surface area (Å²) < 4.78 is 61.1. The predicted molar refractivity (Wildman–Crippen MR) is 147 cm³/mol. The number of carbonyl (C=O) groups excluding carboxylic acids is 1. The van der Waals surface area contributed by atoms with Gasteiger partial charge < -0.3 is 9.64 Å². The van der Waals surface area contributed by atoms with E-state index in [1.54, 1.807) is 0 Å². The third-order valence-electron chi connectivity index (χ3n) is 6.16. The summed E-state index contributed by atoms with van der Waals surface area (Å²) in [5.74, 6) is -1.91. The number of thiazole rings is 1. The number of halogens is 3. The number of fused-ring (bicyclic) bond motifs is 1. The molecular formula is C25H31ClF2N4O4S2. The highest BCUT2D eigenvalue weighted by molar-refractivity contribution is 7.89. The quantitative estimate of drug-likeness (QED) is 0.349. The standard InChI is InChI=1S/C25H30F2N4O4S2.ClH/c1-29(2)11-5-12-31(25-28-23-21(27)14-18(26)15-22(23)36-25)24(32)17-7-9-20(10-8-17)37(33,34)30(3)16-19-6-4-13-35-19;/h7-10,14-15,19H,4-6,11-13,16H2,1-3H3;1H. The second-order valence-electron chi connectivity index (χ2n) is 9.29. The minimum Gasteiger partial charge on any atom is -0.377 e. The van der Waals surface area contributed by atoms with Gasteiger partial charge in [0.05, 0.1) is 15.7 Å². The van der Waals surface area contributed by atoms with Crippen LogP contribution in [0.2, 0.25) is 0 Å². The SMILES string of the molecule is CN(C)CCCN(C(=O)c1ccc(S(=O)(=O)N(C)CC2CCCO2)cc1)c1nc2c(F)cc(F)cc2s1.Cl. The lowest BCUT2D eigenvalue weighted by Gasteiger charge is -2.22. The van der Waals surface area contributed by atoms with Gasteiger partial charge in [-0.15, -0.1) is 12.4 Å². The fraction of sp³-hybridized carbons (Fsp3) is 0.440. The smallest absolute Gasteiger partial charge is 0.260 e. The normalized spacial score (nSPS) is 15.8. The molecular weight excluding hydrogens is 558 g/mol. The number of aromatic nitrogens is 1. The Labute approximate surface area is 231 Å². The van der Waals surface area contributed by atoms with Crippen LogP contribution in [0.3, 0.4) is 0 Å². The van der Waals surface area contributed by atoms with Gasteiger partial charge in [-0.1, -0.05) is 11.3 Å². The van der Waals surface area contributed by atoms with Gasteiger partial charge >= 0.3 is 0 Å². The fourth-order valence-electron chi connectivity index (χ4n) is 4.17. The molecule has 1 fully saturated rings. The van der Waals surface area contributed by atoms with Gasteiger partial charge in [-0.3, -0.25) is 9.69 Å². The van der Waals surface area contributed by atoms with Gasteiger partial charge in [-0.2, -0.15) is 4.31 Å². The van der Waals surface area contributed by atoms with E-state index in [-0.39, 0.29) is 46.2 Å². The molecule has 0 saturated carbocycles. The van der Waals surface area contributed by atoms with E-state index in [0.717, 1.165) is 30.2 Å². The van der Waals surface area contributed by atoms with Crippen molar-refractivity contribution in [3.63, 3.8) is 0 Å². The minimum absolute atomic E-state index is 0. The summed E-state index contributed by atoms with van der Waals surface area (Å²) in [6.07, 6.45) is 2.23. The van der Waals surface area contributed by atoms with Crippen LogP contribution < -0.4 is 4.90 Å². The Balaban J connectivity index is 0.00000400. The van der Waals surface area contributed by atoms with Gasteiger partial charge in [0.1, 0.15) is 11.3 Å². The number of rotatable bonds is 10. The van der Waals surface area contributed by atoms with E-state index in [1.807, 2.05) is 19.0 Å². The molecule has 1 aliphatic heterocycles. The van der Waals surface area contributed by atoms with Crippen LogP contribution in [0.5, 0.6) is 0 Å². The molecule has 4 rings (SSSR count). The van der Waals surface area contributed by atoms with E-state index < -0.39 is 27.6 Å². The molecule has 0 spiro atoms. The highest BCUT2D eigenvalue weighted by Crippen LogP contribution is 2.32. The molecule has 0 bridgehead atoms. The van der Waals surface area contributed by atoms with Crippen LogP contribution >= 0.6 is 23.7 Å². The van der Waals surface area contributed by atoms with E-state index in [1.165, 1.54) is 46.6 Å². The number of carbonyl (C=O) groups is 1. The fourth-order valence-corrected chi connectivity index (χ4v) is 6.40. The van der Waals surface area contributed by atoms with Crippen molar-refractivity contribution in [1.82, 2.24) is 14.2 Å². The average molecular weight is 589 g/mol. The Bertz CT molecular complexity index is 1360. The molecule has 3 aromatic rings. The van der Waals surface area contributed by atoms with E-state index in [9.17, 15) is 22.0 Å². The summed E-state index contributed by atoms with van der Waals surface area (Å²) in [6.45, 7) is 1.89. The summed E-state index contributed by atoms with van der Waals surface area (Å²) in [7, 11) is 1.58. The van der Waals surface area contributed by atoms with Crippen molar-refractivity contribution < 1.29 is 26.7 Å². The lowest BCUT2D eigenvalue weighted by Crippen LogP contribution is -2.34. The number of hydrogen-bond acceptors (Lipinski definition) is 7. The number of sulfonamides is 1. The molecule has 2 aromatic carbocycles. The third kappa shape index (κ3) is 6.85. The molecule has 1 saturated heterocycles. The second-order valence-corrected chi connectivity index (χ2v) is 12.3.